The Morgan fingerprint density at radius 1 is 1.04 bits per heavy atom. The molecule has 2 heterocycles. The summed E-state index contributed by atoms with van der Waals surface area (Å²) in [6, 6.07) is 22.3. The summed E-state index contributed by atoms with van der Waals surface area (Å²) in [5.74, 6) is 0.371. The lowest BCUT2D eigenvalue weighted by molar-refractivity contribution is -0.121. The Morgan fingerprint density at radius 2 is 1.79 bits per heavy atom. The predicted octanol–water partition coefficient (Wildman–Crippen LogP) is 2.89. The van der Waals surface area contributed by atoms with Gasteiger partial charge in [-0.05, 0) is 23.8 Å². The molecule has 0 radical (unpaired) electrons. The molecule has 3 aromatic rings. The number of aromatic nitrogens is 1. The topological polar surface area (TPSA) is 72.7 Å². The molecule has 0 aliphatic carbocycles. The van der Waals surface area contributed by atoms with Crippen LogP contribution in [0.1, 0.15) is 23.7 Å². The van der Waals surface area contributed by atoms with Crippen LogP contribution in [0.2, 0.25) is 0 Å². The minimum absolute atomic E-state index is 0.0866. The molecular formula is C22H19N3O3. The fourth-order valence-corrected chi connectivity index (χ4v) is 3.16. The highest BCUT2D eigenvalue weighted by molar-refractivity contribution is 6.04. The van der Waals surface area contributed by atoms with E-state index in [1.165, 1.54) is 10.6 Å². The van der Waals surface area contributed by atoms with Crippen LogP contribution >= 0.6 is 0 Å². The maximum atomic E-state index is 12.3. The second kappa shape index (κ2) is 7.92. The number of amides is 1. The molecule has 2 aromatic carbocycles. The van der Waals surface area contributed by atoms with E-state index >= 15 is 0 Å². The van der Waals surface area contributed by atoms with Gasteiger partial charge in [-0.2, -0.15) is 5.10 Å². The van der Waals surface area contributed by atoms with Crippen LogP contribution in [0.25, 0.3) is 0 Å². The molecule has 1 aliphatic heterocycles. The molecule has 0 unspecified atom stereocenters. The lowest BCUT2D eigenvalue weighted by atomic mass is 9.96. The van der Waals surface area contributed by atoms with Gasteiger partial charge in [0.1, 0.15) is 18.4 Å². The molecule has 1 aromatic heterocycles. The van der Waals surface area contributed by atoms with Gasteiger partial charge in [0, 0.05) is 24.2 Å². The smallest absolute Gasteiger partial charge is 0.260 e. The summed E-state index contributed by atoms with van der Waals surface area (Å²) in [5, 5.41) is 4.35. The fraction of sp³-hybridized carbons (Fsp3) is 0.136. The normalized spacial score (nSPS) is 16.9. The Hall–Kier alpha value is -3.67. The van der Waals surface area contributed by atoms with E-state index in [1.54, 1.807) is 18.3 Å². The number of fused-ring (bicyclic) bond motifs is 1. The molecule has 0 saturated heterocycles. The van der Waals surface area contributed by atoms with Crippen molar-refractivity contribution in [3.8, 4) is 5.75 Å². The Morgan fingerprint density at radius 3 is 2.61 bits per heavy atom. The molecule has 4 rings (SSSR count). The standard InChI is InChI=1S/C22H19N3O3/c26-21(15-25-13-7-6-12-22(25)27)24-23-18-14-20(16-8-2-1-3-9-16)28-19-11-5-4-10-17(18)19/h1-13,20H,14-15H2,(H,24,26)/b23-18-/t20-/m1/s1. The number of hydrazone groups is 1. The quantitative estimate of drug-likeness (QED) is 0.715. The van der Waals surface area contributed by atoms with Crippen LogP contribution in [0, 0.1) is 0 Å². The van der Waals surface area contributed by atoms with Crippen molar-refractivity contribution in [1.82, 2.24) is 9.99 Å². The van der Waals surface area contributed by atoms with Crippen LogP contribution in [-0.4, -0.2) is 16.2 Å². The van der Waals surface area contributed by atoms with E-state index < -0.39 is 0 Å². The van der Waals surface area contributed by atoms with Crippen LogP contribution < -0.4 is 15.7 Å². The van der Waals surface area contributed by atoms with Gasteiger partial charge in [0.05, 0.1) is 5.71 Å². The summed E-state index contributed by atoms with van der Waals surface area (Å²) >= 11 is 0. The van der Waals surface area contributed by atoms with Gasteiger partial charge in [-0.3, -0.25) is 9.59 Å². The monoisotopic (exact) mass is 373 g/mol. The number of para-hydroxylation sites is 1. The van der Waals surface area contributed by atoms with Crippen molar-refractivity contribution in [1.29, 1.82) is 0 Å². The van der Waals surface area contributed by atoms with Crippen LogP contribution in [0.5, 0.6) is 5.75 Å². The summed E-state index contributed by atoms with van der Waals surface area (Å²) in [6.07, 6.45) is 1.93. The fourth-order valence-electron chi connectivity index (χ4n) is 3.16. The summed E-state index contributed by atoms with van der Waals surface area (Å²) in [6.45, 7) is -0.0866. The summed E-state index contributed by atoms with van der Waals surface area (Å²) in [4.78, 5) is 24.0. The number of nitrogens with one attached hydrogen (secondary N) is 1. The maximum absolute atomic E-state index is 12.3. The number of ether oxygens (including phenoxy) is 1. The third kappa shape index (κ3) is 3.86. The zero-order chi connectivity index (χ0) is 19.3. The zero-order valence-corrected chi connectivity index (χ0v) is 15.1. The van der Waals surface area contributed by atoms with E-state index in [-0.39, 0.29) is 24.1 Å². The lowest BCUT2D eigenvalue weighted by Crippen LogP contribution is -2.30. The molecule has 28 heavy (non-hydrogen) atoms. The average Bonchev–Trinajstić information content (AvgIpc) is 2.74. The predicted molar refractivity (Wildman–Crippen MR) is 106 cm³/mol. The summed E-state index contributed by atoms with van der Waals surface area (Å²) < 4.78 is 7.46. The van der Waals surface area contributed by atoms with E-state index in [1.807, 2.05) is 54.6 Å². The third-order valence-electron chi connectivity index (χ3n) is 4.55. The molecule has 6 nitrogen and oxygen atoms in total. The first kappa shape index (κ1) is 17.7. The molecule has 1 atom stereocenters. The Labute approximate surface area is 162 Å². The van der Waals surface area contributed by atoms with Crippen molar-refractivity contribution in [3.05, 3.63) is 100 Å². The Kier molecular flexibility index (Phi) is 5.01. The molecule has 0 spiro atoms. The average molecular weight is 373 g/mol. The third-order valence-corrected chi connectivity index (χ3v) is 4.55. The van der Waals surface area contributed by atoms with Crippen molar-refractivity contribution in [2.75, 3.05) is 0 Å². The van der Waals surface area contributed by atoms with E-state index in [2.05, 4.69) is 10.5 Å². The second-order valence-corrected chi connectivity index (χ2v) is 6.48. The number of benzene rings is 2. The number of rotatable bonds is 4. The van der Waals surface area contributed by atoms with E-state index in [4.69, 9.17) is 4.74 Å². The van der Waals surface area contributed by atoms with Crippen molar-refractivity contribution in [2.45, 2.75) is 19.1 Å². The first-order chi connectivity index (χ1) is 13.7. The first-order valence-corrected chi connectivity index (χ1v) is 9.02. The van der Waals surface area contributed by atoms with Crippen molar-refractivity contribution >= 4 is 11.6 Å². The number of hydrogen-bond donors (Lipinski definition) is 1. The van der Waals surface area contributed by atoms with Gasteiger partial charge in [0.2, 0.25) is 0 Å². The number of carbonyl (C=O) groups excluding carboxylic acids is 1. The number of carbonyl (C=O) groups is 1. The second-order valence-electron chi connectivity index (χ2n) is 6.48. The number of nitrogens with zero attached hydrogens (tertiary/aromatic N) is 2. The molecule has 140 valence electrons. The van der Waals surface area contributed by atoms with Gasteiger partial charge < -0.3 is 9.30 Å². The molecule has 1 amide bonds. The number of pyridine rings is 1. The first-order valence-electron chi connectivity index (χ1n) is 9.02. The number of hydrogen-bond acceptors (Lipinski definition) is 4. The van der Waals surface area contributed by atoms with Gasteiger partial charge in [-0.1, -0.05) is 48.5 Å². The molecule has 6 heteroatoms. The van der Waals surface area contributed by atoms with Crippen LogP contribution in [0.15, 0.2) is 88.9 Å². The molecule has 1 aliphatic rings. The van der Waals surface area contributed by atoms with Crippen molar-refractivity contribution in [3.63, 3.8) is 0 Å². The minimum Gasteiger partial charge on any atom is -0.485 e. The highest BCUT2D eigenvalue weighted by Crippen LogP contribution is 2.34. The van der Waals surface area contributed by atoms with Crippen LogP contribution in [-0.2, 0) is 11.3 Å². The maximum Gasteiger partial charge on any atom is 0.260 e. The summed E-state index contributed by atoms with van der Waals surface area (Å²) in [5.41, 5.74) is 4.99. The highest BCUT2D eigenvalue weighted by Gasteiger charge is 2.26. The molecule has 0 bridgehead atoms. The van der Waals surface area contributed by atoms with Crippen molar-refractivity contribution in [2.24, 2.45) is 5.10 Å². The molecule has 0 saturated carbocycles. The van der Waals surface area contributed by atoms with E-state index in [9.17, 15) is 9.59 Å². The Balaban J connectivity index is 1.56. The summed E-state index contributed by atoms with van der Waals surface area (Å²) in [7, 11) is 0. The van der Waals surface area contributed by atoms with E-state index in [0.29, 0.717) is 6.42 Å². The van der Waals surface area contributed by atoms with Crippen LogP contribution in [0.4, 0.5) is 0 Å². The van der Waals surface area contributed by atoms with Gasteiger partial charge in [-0.15, -0.1) is 0 Å². The molecule has 1 N–H and O–H groups in total. The molecular weight excluding hydrogens is 354 g/mol. The van der Waals surface area contributed by atoms with Gasteiger partial charge in [0.15, 0.2) is 0 Å². The molecule has 0 fully saturated rings. The van der Waals surface area contributed by atoms with Crippen molar-refractivity contribution < 1.29 is 9.53 Å². The zero-order valence-electron chi connectivity index (χ0n) is 15.1. The van der Waals surface area contributed by atoms with Crippen LogP contribution in [0.3, 0.4) is 0 Å². The lowest BCUT2D eigenvalue weighted by Gasteiger charge is -2.27. The van der Waals surface area contributed by atoms with Gasteiger partial charge in [-0.25, -0.2) is 5.43 Å². The SMILES string of the molecule is O=C(Cn1ccccc1=O)N/N=C1/C[C@H](c2ccccc2)Oc2ccccc21. The largest absolute Gasteiger partial charge is 0.485 e. The Bertz CT molecular complexity index is 1070. The van der Waals surface area contributed by atoms with Gasteiger partial charge >= 0.3 is 0 Å². The minimum atomic E-state index is -0.360. The van der Waals surface area contributed by atoms with Gasteiger partial charge in [0.25, 0.3) is 11.5 Å². The highest BCUT2D eigenvalue weighted by atomic mass is 16.5. The van der Waals surface area contributed by atoms with E-state index in [0.717, 1.165) is 22.6 Å².